The first kappa shape index (κ1) is 14.8. The van der Waals surface area contributed by atoms with Crippen molar-refractivity contribution in [2.75, 3.05) is 24.3 Å². The number of nitrogens with one attached hydrogen (secondary N) is 1. The second kappa shape index (κ2) is 6.06. The molecule has 0 radical (unpaired) electrons. The lowest BCUT2D eigenvalue weighted by Gasteiger charge is -2.06. The lowest BCUT2D eigenvalue weighted by molar-refractivity contribution is 0.0953. The van der Waals surface area contributed by atoms with Crippen molar-refractivity contribution >= 4 is 33.0 Å². The molecular formula is C11H15ClN2O3S. The molecule has 0 unspecified atom stereocenters. The van der Waals surface area contributed by atoms with Crippen LogP contribution in [0.15, 0.2) is 18.2 Å². The first-order valence-corrected chi connectivity index (χ1v) is 7.74. The molecule has 18 heavy (non-hydrogen) atoms. The number of carbonyl (C=O) groups excluding carboxylic acids is 1. The van der Waals surface area contributed by atoms with Crippen LogP contribution in [0, 0.1) is 0 Å². The molecule has 0 saturated carbocycles. The molecule has 1 rings (SSSR count). The number of halogens is 1. The zero-order chi connectivity index (χ0) is 13.8. The highest BCUT2D eigenvalue weighted by Crippen LogP contribution is 2.19. The van der Waals surface area contributed by atoms with Gasteiger partial charge in [-0.2, -0.15) is 0 Å². The van der Waals surface area contributed by atoms with E-state index in [1.165, 1.54) is 6.07 Å². The Labute approximate surface area is 111 Å². The second-order valence-corrected chi connectivity index (χ2v) is 6.64. The van der Waals surface area contributed by atoms with Crippen molar-refractivity contribution in [1.82, 2.24) is 5.32 Å². The fourth-order valence-electron chi connectivity index (χ4n) is 1.32. The highest BCUT2D eigenvalue weighted by Gasteiger charge is 2.07. The topological polar surface area (TPSA) is 89.3 Å². The Kier molecular flexibility index (Phi) is 4.98. The number of carbonyl (C=O) groups is 1. The molecule has 0 bridgehead atoms. The smallest absolute Gasteiger partial charge is 0.251 e. The number of nitrogens with two attached hydrogens (primary N) is 1. The Morgan fingerprint density at radius 2 is 2.11 bits per heavy atom. The van der Waals surface area contributed by atoms with Gasteiger partial charge in [0.05, 0.1) is 16.5 Å². The number of hydrogen-bond donors (Lipinski definition) is 2. The third-order valence-electron chi connectivity index (χ3n) is 2.24. The van der Waals surface area contributed by atoms with Crippen LogP contribution in [0.2, 0.25) is 5.02 Å². The van der Waals surface area contributed by atoms with Crippen molar-refractivity contribution in [2.45, 2.75) is 6.42 Å². The summed E-state index contributed by atoms with van der Waals surface area (Å²) < 4.78 is 21.8. The molecule has 1 aromatic rings. The molecule has 1 aromatic carbocycles. The quantitative estimate of drug-likeness (QED) is 0.627. The first-order valence-electron chi connectivity index (χ1n) is 5.30. The molecule has 7 heteroatoms. The van der Waals surface area contributed by atoms with Crippen molar-refractivity contribution < 1.29 is 13.2 Å². The summed E-state index contributed by atoms with van der Waals surface area (Å²) in [7, 11) is -2.99. The molecule has 0 heterocycles. The van der Waals surface area contributed by atoms with Crippen LogP contribution in [0.3, 0.4) is 0 Å². The molecule has 5 nitrogen and oxygen atoms in total. The largest absolute Gasteiger partial charge is 0.398 e. The Balaban J connectivity index is 2.48. The second-order valence-electron chi connectivity index (χ2n) is 3.98. The van der Waals surface area contributed by atoms with Crippen LogP contribution >= 0.6 is 11.6 Å². The van der Waals surface area contributed by atoms with Crippen molar-refractivity contribution in [3.05, 3.63) is 28.8 Å². The van der Waals surface area contributed by atoms with Crippen LogP contribution in [0.4, 0.5) is 5.69 Å². The third kappa shape index (κ3) is 4.93. The molecule has 0 fully saturated rings. The highest BCUT2D eigenvalue weighted by atomic mass is 35.5. The van der Waals surface area contributed by atoms with E-state index in [0.29, 0.717) is 29.2 Å². The fraction of sp³-hybridized carbons (Fsp3) is 0.364. The van der Waals surface area contributed by atoms with E-state index in [1.807, 2.05) is 0 Å². The van der Waals surface area contributed by atoms with Crippen LogP contribution in [0.1, 0.15) is 16.8 Å². The molecule has 0 saturated heterocycles. The molecule has 0 aliphatic rings. The third-order valence-corrected chi connectivity index (χ3v) is 3.61. The van der Waals surface area contributed by atoms with Gasteiger partial charge in [-0.3, -0.25) is 4.79 Å². The zero-order valence-corrected chi connectivity index (χ0v) is 11.5. The Morgan fingerprint density at radius 3 is 2.67 bits per heavy atom. The summed E-state index contributed by atoms with van der Waals surface area (Å²) in [6.07, 6.45) is 1.54. The van der Waals surface area contributed by atoms with Gasteiger partial charge in [-0.1, -0.05) is 11.6 Å². The predicted octanol–water partition coefficient (Wildman–Crippen LogP) is 1.09. The van der Waals surface area contributed by atoms with E-state index in [9.17, 15) is 13.2 Å². The summed E-state index contributed by atoms with van der Waals surface area (Å²) in [6.45, 7) is 0.300. The molecule has 100 valence electrons. The molecule has 0 spiro atoms. The lowest BCUT2D eigenvalue weighted by atomic mass is 10.2. The maximum absolute atomic E-state index is 11.7. The Hall–Kier alpha value is -1.27. The number of rotatable bonds is 5. The fourth-order valence-corrected chi connectivity index (χ4v) is 2.11. The number of sulfone groups is 1. The average Bonchev–Trinajstić information content (AvgIpc) is 2.26. The first-order chi connectivity index (χ1) is 8.29. The molecule has 1 amide bonds. The minimum Gasteiger partial charge on any atom is -0.398 e. The van der Waals surface area contributed by atoms with Gasteiger partial charge in [0.2, 0.25) is 0 Å². The van der Waals surface area contributed by atoms with E-state index in [0.717, 1.165) is 6.26 Å². The minimum absolute atomic E-state index is 0.0516. The summed E-state index contributed by atoms with van der Waals surface area (Å²) in [5, 5.41) is 3.01. The van der Waals surface area contributed by atoms with E-state index in [2.05, 4.69) is 5.32 Å². The molecule has 0 aromatic heterocycles. The van der Waals surface area contributed by atoms with Crippen molar-refractivity contribution in [3.8, 4) is 0 Å². The monoisotopic (exact) mass is 290 g/mol. The van der Waals surface area contributed by atoms with Gasteiger partial charge in [0, 0.05) is 18.4 Å². The summed E-state index contributed by atoms with van der Waals surface area (Å²) in [5.74, 6) is -0.248. The number of hydrogen-bond acceptors (Lipinski definition) is 4. The van der Waals surface area contributed by atoms with Gasteiger partial charge in [0.25, 0.3) is 5.91 Å². The van der Waals surface area contributed by atoms with Crippen molar-refractivity contribution in [3.63, 3.8) is 0 Å². The van der Waals surface area contributed by atoms with Gasteiger partial charge in [-0.25, -0.2) is 8.42 Å². The molecule has 0 aliphatic heterocycles. The van der Waals surface area contributed by atoms with Crippen molar-refractivity contribution in [2.24, 2.45) is 0 Å². The number of anilines is 1. The SMILES string of the molecule is CS(=O)(=O)CCCNC(=O)c1ccc(Cl)c(N)c1. The summed E-state index contributed by atoms with van der Waals surface area (Å²) in [5.41, 5.74) is 6.31. The Morgan fingerprint density at radius 1 is 1.44 bits per heavy atom. The van der Waals surface area contributed by atoms with E-state index >= 15 is 0 Å². The van der Waals surface area contributed by atoms with Crippen molar-refractivity contribution in [1.29, 1.82) is 0 Å². The average molecular weight is 291 g/mol. The highest BCUT2D eigenvalue weighted by molar-refractivity contribution is 7.90. The van der Waals surface area contributed by atoms with E-state index in [1.54, 1.807) is 12.1 Å². The number of amides is 1. The standard InChI is InChI=1S/C11H15ClN2O3S/c1-18(16,17)6-2-5-14-11(15)8-3-4-9(12)10(13)7-8/h3-4,7H,2,5-6,13H2,1H3,(H,14,15). The summed E-state index contributed by atoms with van der Waals surface area (Å²) in [6, 6.07) is 4.58. The van der Waals surface area contributed by atoms with Gasteiger partial charge in [0.15, 0.2) is 0 Å². The normalized spacial score (nSPS) is 11.2. The maximum Gasteiger partial charge on any atom is 0.251 e. The van der Waals surface area contributed by atoms with E-state index in [-0.39, 0.29) is 11.7 Å². The van der Waals surface area contributed by atoms with Gasteiger partial charge < -0.3 is 11.1 Å². The lowest BCUT2D eigenvalue weighted by Crippen LogP contribution is -2.25. The van der Waals surface area contributed by atoms with E-state index in [4.69, 9.17) is 17.3 Å². The molecular weight excluding hydrogens is 276 g/mol. The number of benzene rings is 1. The van der Waals surface area contributed by atoms with Crippen LogP contribution in [0.25, 0.3) is 0 Å². The molecule has 0 aliphatic carbocycles. The maximum atomic E-state index is 11.7. The van der Waals surface area contributed by atoms with Crippen LogP contribution in [0.5, 0.6) is 0 Å². The molecule has 3 N–H and O–H groups in total. The van der Waals surface area contributed by atoms with Crippen LogP contribution in [-0.4, -0.2) is 32.9 Å². The van der Waals surface area contributed by atoms with Gasteiger partial charge in [-0.15, -0.1) is 0 Å². The summed E-state index contributed by atoms with van der Waals surface area (Å²) in [4.78, 5) is 11.7. The van der Waals surface area contributed by atoms with E-state index < -0.39 is 9.84 Å². The van der Waals surface area contributed by atoms with Gasteiger partial charge >= 0.3 is 0 Å². The minimum atomic E-state index is -2.99. The Bertz CT molecular complexity index is 543. The zero-order valence-electron chi connectivity index (χ0n) is 9.94. The predicted molar refractivity (Wildman–Crippen MR) is 72.5 cm³/mol. The summed E-state index contributed by atoms with van der Waals surface area (Å²) >= 11 is 5.74. The van der Waals surface area contributed by atoms with Gasteiger partial charge in [0.1, 0.15) is 9.84 Å². The van der Waals surface area contributed by atoms with Crippen LogP contribution in [-0.2, 0) is 9.84 Å². The molecule has 0 atom stereocenters. The van der Waals surface area contributed by atoms with Gasteiger partial charge in [-0.05, 0) is 24.6 Å². The van der Waals surface area contributed by atoms with Crippen LogP contribution < -0.4 is 11.1 Å². The number of nitrogen functional groups attached to an aromatic ring is 1.